The van der Waals surface area contributed by atoms with Crippen molar-refractivity contribution in [3.63, 3.8) is 0 Å². The molecule has 0 bridgehead atoms. The van der Waals surface area contributed by atoms with Crippen LogP contribution in [0.25, 0.3) is 0 Å². The number of nitrogens with zero attached hydrogens (tertiary/aromatic N) is 1. The lowest BCUT2D eigenvalue weighted by Gasteiger charge is -1.99. The van der Waals surface area contributed by atoms with Crippen LogP contribution in [0.2, 0.25) is 0 Å². The van der Waals surface area contributed by atoms with E-state index in [1.807, 2.05) is 7.05 Å². The van der Waals surface area contributed by atoms with Crippen molar-refractivity contribution >= 4 is 5.71 Å². The van der Waals surface area contributed by atoms with Gasteiger partial charge in [0, 0.05) is 12.8 Å². The first kappa shape index (κ1) is 8.67. The summed E-state index contributed by atoms with van der Waals surface area (Å²) < 4.78 is 0. The fourth-order valence-corrected chi connectivity index (χ4v) is 0.841. The third-order valence-electron chi connectivity index (χ3n) is 1.32. The van der Waals surface area contributed by atoms with E-state index in [-0.39, 0.29) is 0 Å². The van der Waals surface area contributed by atoms with Gasteiger partial charge in [0.2, 0.25) is 0 Å². The lowest BCUT2D eigenvalue weighted by Crippen LogP contribution is -1.95. The van der Waals surface area contributed by atoms with E-state index in [1.54, 1.807) is 0 Å². The van der Waals surface area contributed by atoms with Gasteiger partial charge in [-0.2, -0.15) is 0 Å². The Labute approximate surface area is 58.2 Å². The summed E-state index contributed by atoms with van der Waals surface area (Å²) in [4.78, 5) is 4.14. The van der Waals surface area contributed by atoms with Gasteiger partial charge in [0.1, 0.15) is 0 Å². The van der Waals surface area contributed by atoms with Gasteiger partial charge in [0.25, 0.3) is 0 Å². The molecule has 0 heterocycles. The molecular weight excluding hydrogens is 110 g/mol. The smallest absolute Gasteiger partial charge is 0.0276 e. The molecule has 0 saturated heterocycles. The van der Waals surface area contributed by atoms with Crippen LogP contribution in [0.5, 0.6) is 0 Å². The molecule has 0 amide bonds. The van der Waals surface area contributed by atoms with Gasteiger partial charge in [-0.15, -0.1) is 0 Å². The van der Waals surface area contributed by atoms with Gasteiger partial charge < -0.3 is 0 Å². The lowest BCUT2D eigenvalue weighted by atomic mass is 10.1. The first-order valence-corrected chi connectivity index (χ1v) is 3.59. The second kappa shape index (κ2) is 5.80. The highest BCUT2D eigenvalue weighted by molar-refractivity contribution is 5.84. The van der Waals surface area contributed by atoms with Gasteiger partial charge in [-0.3, -0.25) is 4.99 Å². The normalized spacial score (nSPS) is 12.1. The average Bonchev–Trinajstić information content (AvgIpc) is 1.88. The highest BCUT2D eigenvalue weighted by Crippen LogP contribution is 1.98. The molecule has 0 saturated carbocycles. The number of hydrogen-bond donors (Lipinski definition) is 0. The lowest BCUT2D eigenvalue weighted by molar-refractivity contribution is 0.939. The van der Waals surface area contributed by atoms with Crippen LogP contribution in [0, 0.1) is 6.92 Å². The van der Waals surface area contributed by atoms with E-state index in [4.69, 9.17) is 0 Å². The van der Waals surface area contributed by atoms with Crippen LogP contribution in [0.3, 0.4) is 0 Å². The van der Waals surface area contributed by atoms with Crippen LogP contribution in [0.15, 0.2) is 4.99 Å². The van der Waals surface area contributed by atoms with Crippen LogP contribution in [0.1, 0.15) is 32.6 Å². The van der Waals surface area contributed by atoms with E-state index < -0.39 is 0 Å². The van der Waals surface area contributed by atoms with E-state index in [2.05, 4.69) is 18.8 Å². The zero-order valence-electron chi connectivity index (χ0n) is 6.48. The molecular formula is C8H16N. The maximum atomic E-state index is 4.14. The minimum absolute atomic E-state index is 0.979. The molecule has 0 atom stereocenters. The summed E-state index contributed by atoms with van der Waals surface area (Å²) in [6.45, 7) is 5.95. The number of aliphatic imine (C=N–C) groups is 1. The Morgan fingerprint density at radius 3 is 2.44 bits per heavy atom. The van der Waals surface area contributed by atoms with Crippen LogP contribution in [-0.2, 0) is 0 Å². The molecule has 0 aromatic heterocycles. The maximum absolute atomic E-state index is 4.14. The molecule has 0 aromatic carbocycles. The molecule has 0 aromatic rings. The van der Waals surface area contributed by atoms with Crippen molar-refractivity contribution in [3.05, 3.63) is 6.92 Å². The van der Waals surface area contributed by atoms with Gasteiger partial charge in [0.05, 0.1) is 0 Å². The average molecular weight is 126 g/mol. The molecule has 1 nitrogen and oxygen atoms in total. The highest BCUT2D eigenvalue weighted by atomic mass is 14.7. The van der Waals surface area contributed by atoms with E-state index in [0.717, 1.165) is 19.3 Å². The van der Waals surface area contributed by atoms with Crippen molar-refractivity contribution in [1.29, 1.82) is 0 Å². The SMILES string of the molecule is [CH2]CCC(CCC)=NC. The molecule has 53 valence electrons. The summed E-state index contributed by atoms with van der Waals surface area (Å²) in [5.74, 6) is 0. The molecule has 0 aliphatic carbocycles. The molecule has 0 aliphatic rings. The molecule has 9 heavy (non-hydrogen) atoms. The Morgan fingerprint density at radius 1 is 1.44 bits per heavy atom. The Kier molecular flexibility index (Phi) is 5.59. The summed E-state index contributed by atoms with van der Waals surface area (Å²) in [5.41, 5.74) is 1.31. The Balaban J connectivity index is 3.43. The summed E-state index contributed by atoms with van der Waals surface area (Å²) in [7, 11) is 1.86. The standard InChI is InChI=1S/C8H16N/c1-4-6-8(9-3)7-5-2/h1,4-7H2,2-3H3. The first-order valence-electron chi connectivity index (χ1n) is 3.59. The largest absolute Gasteiger partial charge is 0.297 e. The van der Waals surface area contributed by atoms with Crippen molar-refractivity contribution in [2.24, 2.45) is 4.99 Å². The minimum atomic E-state index is 0.979. The monoisotopic (exact) mass is 126 g/mol. The van der Waals surface area contributed by atoms with E-state index in [0.29, 0.717) is 0 Å². The second-order valence-corrected chi connectivity index (χ2v) is 2.14. The summed E-state index contributed by atoms with van der Waals surface area (Å²) >= 11 is 0. The van der Waals surface area contributed by atoms with Crippen molar-refractivity contribution in [3.8, 4) is 0 Å². The van der Waals surface area contributed by atoms with Crippen molar-refractivity contribution in [1.82, 2.24) is 0 Å². The highest BCUT2D eigenvalue weighted by Gasteiger charge is 1.92. The summed E-state index contributed by atoms with van der Waals surface area (Å²) in [6.07, 6.45) is 4.40. The minimum Gasteiger partial charge on any atom is -0.297 e. The zero-order chi connectivity index (χ0) is 7.11. The van der Waals surface area contributed by atoms with Gasteiger partial charge in [-0.05, 0) is 19.3 Å². The van der Waals surface area contributed by atoms with Crippen LogP contribution in [-0.4, -0.2) is 12.8 Å². The molecule has 0 N–H and O–H groups in total. The third-order valence-corrected chi connectivity index (χ3v) is 1.32. The van der Waals surface area contributed by atoms with Crippen LogP contribution in [0.4, 0.5) is 0 Å². The van der Waals surface area contributed by atoms with Crippen LogP contribution >= 0.6 is 0 Å². The molecule has 0 rings (SSSR count). The molecule has 1 radical (unpaired) electrons. The predicted molar refractivity (Wildman–Crippen MR) is 42.9 cm³/mol. The van der Waals surface area contributed by atoms with E-state index in [9.17, 15) is 0 Å². The quantitative estimate of drug-likeness (QED) is 0.513. The van der Waals surface area contributed by atoms with Gasteiger partial charge in [-0.1, -0.05) is 20.3 Å². The molecule has 0 fully saturated rings. The second-order valence-electron chi connectivity index (χ2n) is 2.14. The fourth-order valence-electron chi connectivity index (χ4n) is 0.841. The van der Waals surface area contributed by atoms with Crippen LogP contribution < -0.4 is 0 Å². The molecule has 0 aliphatic heterocycles. The van der Waals surface area contributed by atoms with E-state index >= 15 is 0 Å². The molecule has 1 heteroatoms. The van der Waals surface area contributed by atoms with Gasteiger partial charge in [-0.25, -0.2) is 0 Å². The fraction of sp³-hybridized carbons (Fsp3) is 0.750. The van der Waals surface area contributed by atoms with Crippen molar-refractivity contribution in [2.45, 2.75) is 32.6 Å². The van der Waals surface area contributed by atoms with Gasteiger partial charge in [0.15, 0.2) is 0 Å². The maximum Gasteiger partial charge on any atom is 0.0276 e. The Morgan fingerprint density at radius 2 is 2.11 bits per heavy atom. The zero-order valence-corrected chi connectivity index (χ0v) is 6.48. The Hall–Kier alpha value is -0.330. The number of hydrogen-bond acceptors (Lipinski definition) is 1. The molecule has 0 unspecified atom stereocenters. The first-order chi connectivity index (χ1) is 4.35. The van der Waals surface area contributed by atoms with Crippen molar-refractivity contribution < 1.29 is 0 Å². The molecule has 0 spiro atoms. The van der Waals surface area contributed by atoms with E-state index in [1.165, 1.54) is 12.1 Å². The summed E-state index contributed by atoms with van der Waals surface area (Å²) in [6, 6.07) is 0. The van der Waals surface area contributed by atoms with Crippen molar-refractivity contribution in [2.75, 3.05) is 7.05 Å². The van der Waals surface area contributed by atoms with Gasteiger partial charge >= 0.3 is 0 Å². The predicted octanol–water partition coefficient (Wildman–Crippen LogP) is 2.47. The Bertz CT molecular complexity index is 76.6. The third kappa shape index (κ3) is 4.19. The number of rotatable bonds is 4. The summed E-state index contributed by atoms with van der Waals surface area (Å²) in [5, 5.41) is 0. The topological polar surface area (TPSA) is 12.4 Å².